The second kappa shape index (κ2) is 12.1. The minimum Gasteiger partial charge on any atom is -0.467 e. The summed E-state index contributed by atoms with van der Waals surface area (Å²) >= 11 is 1.20. The molecular weight excluding hydrogens is 504 g/mol. The average Bonchev–Trinajstić information content (AvgIpc) is 3.66. The highest BCUT2D eigenvalue weighted by molar-refractivity contribution is 7.99. The Bertz CT molecular complexity index is 1460. The molecule has 196 valence electrons. The van der Waals surface area contributed by atoms with Crippen molar-refractivity contribution in [3.05, 3.63) is 94.2 Å². The maximum absolute atomic E-state index is 13.4. The largest absolute Gasteiger partial charge is 0.467 e. The molecule has 2 aromatic carbocycles. The van der Waals surface area contributed by atoms with Gasteiger partial charge in [-0.3, -0.25) is 19.0 Å². The van der Waals surface area contributed by atoms with Crippen LogP contribution in [-0.2, 0) is 22.6 Å². The number of nitrogens with zero attached hydrogens (tertiary/aromatic N) is 2. The van der Waals surface area contributed by atoms with Crippen molar-refractivity contribution in [2.24, 2.45) is 0 Å². The molecule has 5 rings (SSSR count). The molecule has 0 aliphatic carbocycles. The first-order valence-electron chi connectivity index (χ1n) is 12.5. The van der Waals surface area contributed by atoms with E-state index < -0.39 is 0 Å². The number of thioether (sulfide) groups is 1. The van der Waals surface area contributed by atoms with Crippen molar-refractivity contribution in [1.82, 2.24) is 20.2 Å². The SMILES string of the molecule is O=C(CSc1nc2ccccc2c(=O)n1Cc1ccc(C(=O)NCC2CCCO2)cc1)NCc1ccco1. The van der Waals surface area contributed by atoms with Gasteiger partial charge < -0.3 is 19.8 Å². The Balaban J connectivity index is 1.29. The molecule has 1 atom stereocenters. The zero-order chi connectivity index (χ0) is 26.3. The lowest BCUT2D eigenvalue weighted by Gasteiger charge is -2.14. The van der Waals surface area contributed by atoms with Crippen molar-refractivity contribution in [3.8, 4) is 0 Å². The summed E-state index contributed by atoms with van der Waals surface area (Å²) < 4.78 is 12.4. The molecule has 38 heavy (non-hydrogen) atoms. The molecule has 0 radical (unpaired) electrons. The molecule has 1 unspecified atom stereocenters. The number of amides is 2. The number of furan rings is 1. The number of para-hydroxylation sites is 1. The Labute approximate surface area is 223 Å². The van der Waals surface area contributed by atoms with Crippen molar-refractivity contribution < 1.29 is 18.7 Å². The monoisotopic (exact) mass is 532 g/mol. The van der Waals surface area contributed by atoms with Gasteiger partial charge in [-0.25, -0.2) is 4.98 Å². The quantitative estimate of drug-likeness (QED) is 0.238. The standard InChI is InChI=1S/C28H28N4O5S/c33-25(29-15-21-5-3-13-36-21)18-38-28-31-24-8-2-1-7-23(24)27(35)32(28)17-19-9-11-20(12-10-19)26(34)30-16-22-6-4-14-37-22/h1-3,5,7-13,22H,4,6,14-18H2,(H,29,33)(H,30,34). The summed E-state index contributed by atoms with van der Waals surface area (Å²) in [6.07, 6.45) is 3.61. The lowest BCUT2D eigenvalue weighted by molar-refractivity contribution is -0.118. The fraction of sp³-hybridized carbons (Fsp3) is 0.286. The predicted molar refractivity (Wildman–Crippen MR) is 144 cm³/mol. The number of benzene rings is 2. The van der Waals surface area contributed by atoms with E-state index in [4.69, 9.17) is 9.15 Å². The van der Waals surface area contributed by atoms with E-state index in [9.17, 15) is 14.4 Å². The second-order valence-electron chi connectivity index (χ2n) is 8.99. The summed E-state index contributed by atoms with van der Waals surface area (Å²) in [4.78, 5) is 43.0. The Morgan fingerprint density at radius 2 is 1.89 bits per heavy atom. The fourth-order valence-corrected chi connectivity index (χ4v) is 5.06. The van der Waals surface area contributed by atoms with Gasteiger partial charge in [-0.1, -0.05) is 36.0 Å². The van der Waals surface area contributed by atoms with Crippen LogP contribution in [0.5, 0.6) is 0 Å². The van der Waals surface area contributed by atoms with Gasteiger partial charge in [-0.05, 0) is 54.8 Å². The molecule has 0 spiro atoms. The summed E-state index contributed by atoms with van der Waals surface area (Å²) in [5.41, 5.74) is 1.76. The third-order valence-electron chi connectivity index (χ3n) is 6.27. The van der Waals surface area contributed by atoms with Crippen LogP contribution in [0.15, 0.2) is 81.3 Å². The molecule has 1 aliphatic rings. The van der Waals surface area contributed by atoms with E-state index in [1.54, 1.807) is 53.3 Å². The highest BCUT2D eigenvalue weighted by Gasteiger charge is 2.17. The normalized spacial score (nSPS) is 15.0. The van der Waals surface area contributed by atoms with Gasteiger partial charge >= 0.3 is 0 Å². The van der Waals surface area contributed by atoms with Crippen LogP contribution in [0.2, 0.25) is 0 Å². The molecule has 1 fully saturated rings. The summed E-state index contributed by atoms with van der Waals surface area (Å²) in [6, 6.07) is 17.8. The zero-order valence-corrected chi connectivity index (χ0v) is 21.5. The van der Waals surface area contributed by atoms with E-state index >= 15 is 0 Å². The van der Waals surface area contributed by atoms with Gasteiger partial charge in [0.1, 0.15) is 5.76 Å². The van der Waals surface area contributed by atoms with Crippen molar-refractivity contribution in [2.45, 2.75) is 37.2 Å². The predicted octanol–water partition coefficient (Wildman–Crippen LogP) is 3.36. The van der Waals surface area contributed by atoms with Crippen LogP contribution in [0, 0.1) is 0 Å². The lowest BCUT2D eigenvalue weighted by atomic mass is 10.1. The number of ether oxygens (including phenoxy) is 1. The number of carbonyl (C=O) groups excluding carboxylic acids is 2. The second-order valence-corrected chi connectivity index (χ2v) is 9.93. The molecule has 2 amide bonds. The van der Waals surface area contributed by atoms with E-state index in [0.717, 1.165) is 25.0 Å². The van der Waals surface area contributed by atoms with Crippen LogP contribution < -0.4 is 16.2 Å². The molecule has 2 N–H and O–H groups in total. The molecule has 0 bridgehead atoms. The van der Waals surface area contributed by atoms with Gasteiger partial charge in [0.25, 0.3) is 11.5 Å². The highest BCUT2D eigenvalue weighted by atomic mass is 32.2. The Hall–Kier alpha value is -3.89. The molecule has 9 nitrogen and oxygen atoms in total. The van der Waals surface area contributed by atoms with Gasteiger partial charge in [0.05, 0.1) is 42.1 Å². The van der Waals surface area contributed by atoms with Crippen molar-refractivity contribution >= 4 is 34.5 Å². The van der Waals surface area contributed by atoms with Crippen LogP contribution in [0.4, 0.5) is 0 Å². The van der Waals surface area contributed by atoms with Crippen LogP contribution in [-0.4, -0.2) is 46.4 Å². The summed E-state index contributed by atoms with van der Waals surface area (Å²) in [6.45, 7) is 1.78. The number of aromatic nitrogens is 2. The third kappa shape index (κ3) is 6.32. The van der Waals surface area contributed by atoms with E-state index in [2.05, 4.69) is 15.6 Å². The zero-order valence-electron chi connectivity index (χ0n) is 20.7. The number of nitrogens with one attached hydrogen (secondary N) is 2. The van der Waals surface area contributed by atoms with Gasteiger partial charge in [-0.2, -0.15) is 0 Å². The first-order valence-corrected chi connectivity index (χ1v) is 13.5. The molecule has 3 heterocycles. The Morgan fingerprint density at radius 1 is 1.05 bits per heavy atom. The minimum absolute atomic E-state index is 0.0774. The first-order chi connectivity index (χ1) is 18.6. The maximum atomic E-state index is 13.4. The molecule has 1 saturated heterocycles. The van der Waals surface area contributed by atoms with E-state index in [-0.39, 0.29) is 42.3 Å². The van der Waals surface area contributed by atoms with E-state index in [1.165, 1.54) is 11.8 Å². The maximum Gasteiger partial charge on any atom is 0.262 e. The van der Waals surface area contributed by atoms with E-state index in [1.807, 2.05) is 18.2 Å². The van der Waals surface area contributed by atoms with Gasteiger partial charge in [0, 0.05) is 18.7 Å². The van der Waals surface area contributed by atoms with Crippen LogP contribution in [0.25, 0.3) is 10.9 Å². The Morgan fingerprint density at radius 3 is 2.66 bits per heavy atom. The topological polar surface area (TPSA) is 115 Å². The van der Waals surface area contributed by atoms with Crippen molar-refractivity contribution in [2.75, 3.05) is 18.9 Å². The summed E-state index contributed by atoms with van der Waals surface area (Å²) in [7, 11) is 0. The Kier molecular flexibility index (Phi) is 8.20. The number of carbonyl (C=O) groups is 2. The number of fused-ring (bicyclic) bond motifs is 1. The molecular formula is C28H28N4O5S. The van der Waals surface area contributed by atoms with Crippen LogP contribution >= 0.6 is 11.8 Å². The molecule has 10 heteroatoms. The molecule has 0 saturated carbocycles. The number of hydrogen-bond donors (Lipinski definition) is 2. The first kappa shape index (κ1) is 25.7. The van der Waals surface area contributed by atoms with Gasteiger partial charge in [0.2, 0.25) is 5.91 Å². The van der Waals surface area contributed by atoms with Crippen LogP contribution in [0.3, 0.4) is 0 Å². The number of hydrogen-bond acceptors (Lipinski definition) is 7. The minimum atomic E-state index is -0.196. The fourth-order valence-electron chi connectivity index (χ4n) is 4.24. The average molecular weight is 533 g/mol. The molecule has 2 aromatic heterocycles. The van der Waals surface area contributed by atoms with Gasteiger partial charge in [0.15, 0.2) is 5.16 Å². The van der Waals surface area contributed by atoms with Crippen molar-refractivity contribution in [1.29, 1.82) is 0 Å². The molecule has 1 aliphatic heterocycles. The highest BCUT2D eigenvalue weighted by Crippen LogP contribution is 2.19. The van der Waals surface area contributed by atoms with E-state index in [0.29, 0.717) is 33.9 Å². The number of rotatable bonds is 10. The smallest absolute Gasteiger partial charge is 0.262 e. The summed E-state index contributed by atoms with van der Waals surface area (Å²) in [5, 5.41) is 6.67. The van der Waals surface area contributed by atoms with Crippen LogP contribution in [0.1, 0.15) is 34.5 Å². The lowest BCUT2D eigenvalue weighted by Crippen LogP contribution is -2.31. The van der Waals surface area contributed by atoms with Gasteiger partial charge in [-0.15, -0.1) is 0 Å². The molecule has 4 aromatic rings. The van der Waals surface area contributed by atoms with Crippen molar-refractivity contribution in [3.63, 3.8) is 0 Å². The third-order valence-corrected chi connectivity index (χ3v) is 7.25. The summed E-state index contributed by atoms with van der Waals surface area (Å²) in [5.74, 6) is 0.398.